The molecule has 15 nitrogen and oxygen atoms in total. The first-order valence-corrected chi connectivity index (χ1v) is 17.1. The fourth-order valence-electron chi connectivity index (χ4n) is 6.50. The Morgan fingerprint density at radius 2 is 1.88 bits per heavy atom. The highest BCUT2D eigenvalue weighted by molar-refractivity contribution is 5.91. The van der Waals surface area contributed by atoms with Gasteiger partial charge in [0.05, 0.1) is 41.7 Å². The first kappa shape index (κ1) is 37.4. The zero-order chi connectivity index (χ0) is 37.0. The van der Waals surface area contributed by atoms with Gasteiger partial charge in [0.25, 0.3) is 5.56 Å². The van der Waals surface area contributed by atoms with Crippen molar-refractivity contribution >= 4 is 34.7 Å². The Morgan fingerprint density at radius 1 is 1.12 bits per heavy atom. The number of hydrogen-bond donors (Lipinski definition) is 4. The second kappa shape index (κ2) is 15.6. The van der Waals surface area contributed by atoms with Gasteiger partial charge in [-0.25, -0.2) is 14.6 Å². The van der Waals surface area contributed by atoms with E-state index in [0.717, 1.165) is 16.5 Å². The van der Waals surface area contributed by atoms with Gasteiger partial charge < -0.3 is 44.2 Å². The van der Waals surface area contributed by atoms with Gasteiger partial charge in [-0.05, 0) is 62.4 Å². The summed E-state index contributed by atoms with van der Waals surface area (Å²) >= 11 is 0. The summed E-state index contributed by atoms with van der Waals surface area (Å²) < 4.78 is 22.9. The highest BCUT2D eigenvalue weighted by Crippen LogP contribution is 2.42. The first-order valence-electron chi connectivity index (χ1n) is 17.1. The van der Waals surface area contributed by atoms with Crippen molar-refractivity contribution in [1.29, 1.82) is 0 Å². The van der Waals surface area contributed by atoms with Crippen LogP contribution in [0.5, 0.6) is 5.75 Å². The maximum Gasteiger partial charge on any atom is 0.355 e. The number of aromatic hydroxyl groups is 1. The van der Waals surface area contributed by atoms with Gasteiger partial charge >= 0.3 is 17.9 Å². The summed E-state index contributed by atoms with van der Waals surface area (Å²) in [6.45, 7) is 5.94. The summed E-state index contributed by atoms with van der Waals surface area (Å²) in [5.41, 5.74) is 1.38. The van der Waals surface area contributed by atoms with Crippen LogP contribution in [0.15, 0.2) is 29.1 Å². The number of rotatable bonds is 15. The van der Waals surface area contributed by atoms with Gasteiger partial charge in [0.1, 0.15) is 25.0 Å². The number of nitrogens with zero attached hydrogens (tertiary/aromatic N) is 2. The van der Waals surface area contributed by atoms with Gasteiger partial charge in [-0.15, -0.1) is 0 Å². The quantitative estimate of drug-likeness (QED) is 0.0793. The van der Waals surface area contributed by atoms with Crippen molar-refractivity contribution < 1.29 is 53.4 Å². The second-order valence-electron chi connectivity index (χ2n) is 12.6. The molecule has 4 N–H and O–H groups in total. The topological polar surface area (TPSA) is 213 Å². The van der Waals surface area contributed by atoms with E-state index in [1.165, 1.54) is 13.0 Å². The SMILES string of the molecule is CCc1c2c(nc3ccc(O)cc13)-c1cc3c(c(=O)n1C2)COC(=O)[C@@]3(CC)OC(=O)[C@H](C)NC(=O)CCCC(=O)OCC(O)OC(CC)CO. The van der Waals surface area contributed by atoms with Crippen LogP contribution < -0.4 is 10.9 Å². The molecular weight excluding hydrogens is 666 g/mol. The third-order valence-electron chi connectivity index (χ3n) is 9.30. The van der Waals surface area contributed by atoms with E-state index in [4.69, 9.17) is 29.0 Å². The maximum atomic E-state index is 13.9. The van der Waals surface area contributed by atoms with Gasteiger partial charge in [0, 0.05) is 29.4 Å². The van der Waals surface area contributed by atoms with Gasteiger partial charge in [-0.3, -0.25) is 14.4 Å². The van der Waals surface area contributed by atoms with E-state index in [-0.39, 0.29) is 62.3 Å². The van der Waals surface area contributed by atoms with E-state index < -0.39 is 60.0 Å². The molecule has 0 aliphatic carbocycles. The van der Waals surface area contributed by atoms with E-state index in [1.807, 2.05) is 6.92 Å². The van der Waals surface area contributed by atoms with Gasteiger partial charge in [0.15, 0.2) is 6.29 Å². The van der Waals surface area contributed by atoms with Crippen molar-refractivity contribution in [3.05, 3.63) is 56.9 Å². The lowest BCUT2D eigenvalue weighted by atomic mass is 9.85. The van der Waals surface area contributed by atoms with Crippen molar-refractivity contribution in [2.24, 2.45) is 0 Å². The number of aliphatic hydroxyl groups excluding tert-OH is 2. The number of aryl methyl sites for hydroxylation is 1. The van der Waals surface area contributed by atoms with Crippen LogP contribution in [0.4, 0.5) is 0 Å². The standard InChI is InChI=1S/C36H43N3O12/c1-5-21(16-40)50-31(44)18-48-30(43)10-8-9-29(42)37-19(4)34(46)51-36(7-3)26-14-28-32-24(15-39(28)33(45)25(26)17-49-35(36)47)22(6-2)23-13-20(41)11-12-27(23)38-32/h11-14,19,21,31,40-41,44H,5-10,15-18H2,1-4H3,(H,37,42)/t19-,21?,31?,36-/m0/s1. The number of amides is 1. The van der Waals surface area contributed by atoms with E-state index in [1.54, 1.807) is 36.6 Å². The summed E-state index contributed by atoms with van der Waals surface area (Å²) in [5, 5.41) is 32.4. The summed E-state index contributed by atoms with van der Waals surface area (Å²) in [6, 6.07) is 5.33. The Balaban J connectivity index is 1.28. The van der Waals surface area contributed by atoms with Gasteiger partial charge in [-0.2, -0.15) is 0 Å². The number of ether oxygens (including phenoxy) is 4. The van der Waals surface area contributed by atoms with Crippen molar-refractivity contribution in [3.8, 4) is 17.1 Å². The minimum atomic E-state index is -1.97. The number of cyclic esters (lactones) is 1. The zero-order valence-electron chi connectivity index (χ0n) is 29.0. The number of fused-ring (bicyclic) bond motifs is 5. The molecule has 51 heavy (non-hydrogen) atoms. The number of phenols is 1. The molecule has 1 amide bonds. The maximum absolute atomic E-state index is 13.9. The number of esters is 3. The molecule has 0 fully saturated rings. The normalized spacial score (nSPS) is 17.8. The molecule has 2 aromatic heterocycles. The van der Waals surface area contributed by atoms with Crippen molar-refractivity contribution in [2.75, 3.05) is 13.2 Å². The van der Waals surface area contributed by atoms with E-state index in [0.29, 0.717) is 29.7 Å². The highest BCUT2D eigenvalue weighted by atomic mass is 16.6. The van der Waals surface area contributed by atoms with Crippen LogP contribution in [-0.2, 0) is 63.3 Å². The largest absolute Gasteiger partial charge is 0.508 e. The lowest BCUT2D eigenvalue weighted by Gasteiger charge is -2.36. The third kappa shape index (κ3) is 7.46. The van der Waals surface area contributed by atoms with Crippen molar-refractivity contribution in [3.63, 3.8) is 0 Å². The number of benzene rings is 1. The van der Waals surface area contributed by atoms with Gasteiger partial charge in [0.2, 0.25) is 11.5 Å². The fraction of sp³-hybridized carbons (Fsp3) is 0.500. The van der Waals surface area contributed by atoms with Crippen molar-refractivity contribution in [1.82, 2.24) is 14.9 Å². The number of pyridine rings is 2. The molecule has 274 valence electrons. The average molecular weight is 710 g/mol. The Hall–Kier alpha value is -4.86. The number of aromatic nitrogens is 2. The number of aliphatic hydroxyl groups is 2. The molecule has 2 aliphatic heterocycles. The molecule has 0 saturated heterocycles. The van der Waals surface area contributed by atoms with Crippen LogP contribution in [0, 0.1) is 0 Å². The van der Waals surface area contributed by atoms with Crippen molar-refractivity contribution in [2.45, 2.75) is 103 Å². The summed E-state index contributed by atoms with van der Waals surface area (Å²) in [5.74, 6) is -2.92. The molecule has 4 atom stereocenters. The Morgan fingerprint density at radius 3 is 2.57 bits per heavy atom. The molecule has 0 saturated carbocycles. The smallest absolute Gasteiger partial charge is 0.355 e. The Kier molecular flexibility index (Phi) is 11.4. The van der Waals surface area contributed by atoms with E-state index >= 15 is 0 Å². The number of hydrogen-bond acceptors (Lipinski definition) is 13. The summed E-state index contributed by atoms with van der Waals surface area (Å²) in [4.78, 5) is 70.3. The minimum absolute atomic E-state index is 0.0629. The monoisotopic (exact) mass is 709 g/mol. The molecule has 0 spiro atoms. The number of nitrogens with one attached hydrogen (secondary N) is 1. The zero-order valence-corrected chi connectivity index (χ0v) is 29.0. The molecule has 3 aromatic rings. The molecule has 1 aromatic carbocycles. The van der Waals surface area contributed by atoms with Crippen LogP contribution in [0.2, 0.25) is 0 Å². The number of carbonyl (C=O) groups excluding carboxylic acids is 4. The van der Waals surface area contributed by atoms with Crippen LogP contribution in [0.3, 0.4) is 0 Å². The summed E-state index contributed by atoms with van der Waals surface area (Å²) in [6.07, 6.45) is -1.19. The van der Waals surface area contributed by atoms with Crippen LogP contribution in [0.25, 0.3) is 22.3 Å². The molecule has 2 aliphatic rings. The third-order valence-corrected chi connectivity index (χ3v) is 9.30. The molecule has 15 heteroatoms. The molecule has 2 unspecified atom stereocenters. The Bertz CT molecular complexity index is 1900. The lowest BCUT2D eigenvalue weighted by molar-refractivity contribution is -0.190. The Labute approximate surface area is 293 Å². The molecule has 4 heterocycles. The van der Waals surface area contributed by atoms with Gasteiger partial charge in [-0.1, -0.05) is 20.8 Å². The lowest BCUT2D eigenvalue weighted by Crippen LogP contribution is -2.50. The van der Waals surface area contributed by atoms with Crippen LogP contribution in [0.1, 0.15) is 82.1 Å². The molecule has 5 rings (SSSR count). The molecule has 0 bridgehead atoms. The number of phenolic OH excluding ortho intramolecular Hbond substituents is 1. The highest BCUT2D eigenvalue weighted by Gasteiger charge is 2.51. The fourth-order valence-corrected chi connectivity index (χ4v) is 6.50. The molecular formula is C36H43N3O12. The van der Waals surface area contributed by atoms with Crippen LogP contribution >= 0.6 is 0 Å². The van der Waals surface area contributed by atoms with E-state index in [2.05, 4.69) is 5.32 Å². The van der Waals surface area contributed by atoms with E-state index in [9.17, 15) is 34.2 Å². The second-order valence-corrected chi connectivity index (χ2v) is 12.6. The van der Waals surface area contributed by atoms with Crippen LogP contribution in [-0.4, -0.2) is 80.3 Å². The first-order chi connectivity index (χ1) is 24.4. The minimum Gasteiger partial charge on any atom is -0.508 e. The number of carbonyl (C=O) groups is 4. The summed E-state index contributed by atoms with van der Waals surface area (Å²) in [7, 11) is 0. The predicted molar refractivity (Wildman–Crippen MR) is 180 cm³/mol. The molecule has 0 radical (unpaired) electrons. The average Bonchev–Trinajstić information content (AvgIpc) is 3.48. The predicted octanol–water partition coefficient (Wildman–Crippen LogP) is 2.22.